The number of nitrogens with one attached hydrogen (secondary N) is 1. The molecule has 0 aliphatic heterocycles. The fraction of sp³-hybridized carbons (Fsp3) is 0.800. The molecule has 1 fully saturated rings. The summed E-state index contributed by atoms with van der Waals surface area (Å²) in [5, 5.41) is 7.36. The molecule has 6 heteroatoms. The lowest BCUT2D eigenvalue weighted by atomic mass is 9.84. The van der Waals surface area contributed by atoms with E-state index in [1.807, 2.05) is 31.6 Å². The highest BCUT2D eigenvalue weighted by Gasteiger charge is 2.45. The Morgan fingerprint density at radius 1 is 1.24 bits per heavy atom. The second-order valence-corrected chi connectivity index (χ2v) is 6.88. The largest absolute Gasteiger partial charge is 0.393 e. The van der Waals surface area contributed by atoms with Crippen molar-refractivity contribution in [3.63, 3.8) is 0 Å². The summed E-state index contributed by atoms with van der Waals surface area (Å²) in [6.07, 6.45) is 1.89. The Hall–Kier alpha value is -1.04. The zero-order valence-corrected chi connectivity index (χ0v) is 12.9. The van der Waals surface area contributed by atoms with E-state index in [2.05, 4.69) is 10.4 Å². The first kappa shape index (κ1) is 16.3. The van der Waals surface area contributed by atoms with E-state index in [9.17, 15) is 13.2 Å². The fourth-order valence-electron chi connectivity index (χ4n) is 2.83. The monoisotopic (exact) mass is 303 g/mol. The number of alkyl halides is 3. The Balaban J connectivity index is 1.96. The summed E-state index contributed by atoms with van der Waals surface area (Å²) >= 11 is 0. The summed E-state index contributed by atoms with van der Waals surface area (Å²) in [5.41, 5.74) is 0.814. The maximum atomic E-state index is 13.0. The first-order valence-electron chi connectivity index (χ1n) is 7.52. The van der Waals surface area contributed by atoms with Crippen LogP contribution in [0.2, 0.25) is 0 Å². The molecule has 0 radical (unpaired) electrons. The summed E-state index contributed by atoms with van der Waals surface area (Å²) in [6.45, 7) is 6.56. The van der Waals surface area contributed by atoms with E-state index in [0.717, 1.165) is 12.0 Å². The second-order valence-electron chi connectivity index (χ2n) is 6.88. The normalized spacial score (nSPS) is 24.3. The number of nitrogens with zero attached hydrogens (tertiary/aromatic N) is 2. The first-order valence-corrected chi connectivity index (χ1v) is 7.52. The maximum absolute atomic E-state index is 13.0. The van der Waals surface area contributed by atoms with E-state index in [1.54, 1.807) is 6.20 Å². The van der Waals surface area contributed by atoms with Crippen molar-refractivity contribution < 1.29 is 13.2 Å². The van der Waals surface area contributed by atoms with Gasteiger partial charge >= 0.3 is 6.18 Å². The molecule has 2 rings (SSSR count). The zero-order valence-electron chi connectivity index (χ0n) is 12.9. The molecule has 1 aliphatic rings. The van der Waals surface area contributed by atoms with Gasteiger partial charge in [-0.05, 0) is 33.6 Å². The highest BCUT2D eigenvalue weighted by atomic mass is 19.4. The van der Waals surface area contributed by atoms with Gasteiger partial charge in [0.05, 0.1) is 17.7 Å². The lowest BCUT2D eigenvalue weighted by Crippen LogP contribution is -2.45. The van der Waals surface area contributed by atoms with Crippen molar-refractivity contribution in [3.8, 4) is 0 Å². The molecule has 0 amide bonds. The molecule has 1 aromatic rings. The van der Waals surface area contributed by atoms with E-state index in [-0.39, 0.29) is 12.0 Å². The fourth-order valence-corrected chi connectivity index (χ4v) is 2.83. The van der Waals surface area contributed by atoms with Gasteiger partial charge in [-0.1, -0.05) is 12.8 Å². The molecule has 2 unspecified atom stereocenters. The predicted octanol–water partition coefficient (Wildman–Crippen LogP) is 3.85. The molecule has 120 valence electrons. The maximum Gasteiger partial charge on any atom is 0.393 e. The van der Waals surface area contributed by atoms with Gasteiger partial charge in [0.2, 0.25) is 0 Å². The van der Waals surface area contributed by atoms with Gasteiger partial charge in [-0.25, -0.2) is 0 Å². The molecule has 1 heterocycles. The minimum absolute atomic E-state index is 0.113. The van der Waals surface area contributed by atoms with Crippen LogP contribution in [0.15, 0.2) is 12.4 Å². The molecule has 0 aromatic carbocycles. The third-order valence-corrected chi connectivity index (χ3v) is 4.08. The Labute approximate surface area is 123 Å². The van der Waals surface area contributed by atoms with Crippen LogP contribution in [-0.2, 0) is 12.1 Å². The van der Waals surface area contributed by atoms with E-state index in [1.165, 1.54) is 0 Å². The second kappa shape index (κ2) is 5.99. The number of hydrogen-bond acceptors (Lipinski definition) is 2. The third-order valence-electron chi connectivity index (χ3n) is 4.08. The molecule has 0 spiro atoms. The number of hydrogen-bond donors (Lipinski definition) is 1. The molecule has 0 bridgehead atoms. The standard InChI is InChI=1S/C15H24F3N3/c1-14(2,3)21-10-11(9-20-21)8-19-13-7-5-4-6-12(13)15(16,17)18/h9-10,12-13,19H,4-8H2,1-3H3. The molecule has 1 aliphatic carbocycles. The van der Waals surface area contributed by atoms with Crippen LogP contribution in [0.5, 0.6) is 0 Å². The Morgan fingerprint density at radius 3 is 2.48 bits per heavy atom. The van der Waals surface area contributed by atoms with Crippen LogP contribution in [0, 0.1) is 5.92 Å². The van der Waals surface area contributed by atoms with Gasteiger partial charge in [0.1, 0.15) is 0 Å². The van der Waals surface area contributed by atoms with E-state index in [0.29, 0.717) is 19.4 Å². The molecule has 1 saturated carbocycles. The summed E-state index contributed by atoms with van der Waals surface area (Å²) < 4.78 is 40.9. The van der Waals surface area contributed by atoms with E-state index < -0.39 is 18.1 Å². The topological polar surface area (TPSA) is 29.9 Å². The van der Waals surface area contributed by atoms with Crippen LogP contribution in [0.1, 0.15) is 52.0 Å². The van der Waals surface area contributed by atoms with Gasteiger partial charge < -0.3 is 5.32 Å². The molecular formula is C15H24F3N3. The Bertz CT molecular complexity index is 459. The quantitative estimate of drug-likeness (QED) is 0.919. The minimum atomic E-state index is -4.10. The number of rotatable bonds is 3. The van der Waals surface area contributed by atoms with Gasteiger partial charge in [0, 0.05) is 24.3 Å². The van der Waals surface area contributed by atoms with Gasteiger partial charge in [0.15, 0.2) is 0 Å². The van der Waals surface area contributed by atoms with E-state index in [4.69, 9.17) is 0 Å². The Morgan fingerprint density at radius 2 is 1.90 bits per heavy atom. The van der Waals surface area contributed by atoms with Gasteiger partial charge in [-0.3, -0.25) is 4.68 Å². The summed E-state index contributed by atoms with van der Waals surface area (Å²) in [6, 6.07) is -0.475. The zero-order chi connectivity index (χ0) is 15.7. The average molecular weight is 303 g/mol. The van der Waals surface area contributed by atoms with Crippen molar-refractivity contribution in [1.29, 1.82) is 0 Å². The summed E-state index contributed by atoms with van der Waals surface area (Å²) in [4.78, 5) is 0. The molecule has 2 atom stereocenters. The highest BCUT2D eigenvalue weighted by molar-refractivity contribution is 5.05. The molecular weight excluding hydrogens is 279 g/mol. The summed E-state index contributed by atoms with van der Waals surface area (Å²) in [5.74, 6) is -1.22. The smallest absolute Gasteiger partial charge is 0.309 e. The van der Waals surface area contributed by atoms with Crippen molar-refractivity contribution in [3.05, 3.63) is 18.0 Å². The first-order chi connectivity index (χ1) is 9.68. The molecule has 1 N–H and O–H groups in total. The number of aromatic nitrogens is 2. The predicted molar refractivity (Wildman–Crippen MR) is 75.9 cm³/mol. The highest BCUT2D eigenvalue weighted by Crippen LogP contribution is 2.37. The van der Waals surface area contributed by atoms with Crippen LogP contribution in [0.4, 0.5) is 13.2 Å². The molecule has 21 heavy (non-hydrogen) atoms. The van der Waals surface area contributed by atoms with Gasteiger partial charge in [-0.15, -0.1) is 0 Å². The van der Waals surface area contributed by atoms with Crippen molar-refractivity contribution in [2.75, 3.05) is 0 Å². The number of halogens is 3. The SMILES string of the molecule is CC(C)(C)n1cc(CNC2CCCCC2C(F)(F)F)cn1. The van der Waals surface area contributed by atoms with Crippen LogP contribution >= 0.6 is 0 Å². The summed E-state index contributed by atoms with van der Waals surface area (Å²) in [7, 11) is 0. The lowest BCUT2D eigenvalue weighted by molar-refractivity contribution is -0.189. The molecule has 0 saturated heterocycles. The van der Waals surface area contributed by atoms with E-state index >= 15 is 0 Å². The van der Waals surface area contributed by atoms with Crippen LogP contribution < -0.4 is 5.32 Å². The van der Waals surface area contributed by atoms with Gasteiger partial charge in [-0.2, -0.15) is 18.3 Å². The van der Waals surface area contributed by atoms with Crippen LogP contribution in [-0.4, -0.2) is 22.0 Å². The minimum Gasteiger partial charge on any atom is -0.309 e. The van der Waals surface area contributed by atoms with Crippen LogP contribution in [0.25, 0.3) is 0 Å². The third kappa shape index (κ3) is 4.22. The molecule has 1 aromatic heterocycles. The lowest BCUT2D eigenvalue weighted by Gasteiger charge is -2.33. The van der Waals surface area contributed by atoms with Crippen molar-refractivity contribution in [2.45, 2.75) is 70.8 Å². The van der Waals surface area contributed by atoms with Gasteiger partial charge in [0.25, 0.3) is 0 Å². The van der Waals surface area contributed by atoms with Crippen LogP contribution in [0.3, 0.4) is 0 Å². The van der Waals surface area contributed by atoms with Crippen molar-refractivity contribution in [1.82, 2.24) is 15.1 Å². The average Bonchev–Trinajstić information content (AvgIpc) is 2.84. The van der Waals surface area contributed by atoms with Crippen molar-refractivity contribution in [2.24, 2.45) is 5.92 Å². The molecule has 3 nitrogen and oxygen atoms in total. The van der Waals surface area contributed by atoms with Crippen molar-refractivity contribution >= 4 is 0 Å². The Kier molecular flexibility index (Phi) is 4.66.